The SMILES string of the molecule is CCOc1ccc(CN(C)C(=NC)NCC(=O)Nc2ccccc2)cc1. The van der Waals surface area contributed by atoms with Gasteiger partial charge in [-0.25, -0.2) is 0 Å². The zero-order chi connectivity index (χ0) is 18.8. The number of amides is 1. The van der Waals surface area contributed by atoms with E-state index in [1.54, 1.807) is 7.05 Å². The molecule has 0 unspecified atom stereocenters. The average molecular weight is 354 g/mol. The van der Waals surface area contributed by atoms with Crippen LogP contribution in [0.3, 0.4) is 0 Å². The van der Waals surface area contributed by atoms with Crippen LogP contribution in [0.15, 0.2) is 59.6 Å². The van der Waals surface area contributed by atoms with Gasteiger partial charge in [0.2, 0.25) is 5.91 Å². The van der Waals surface area contributed by atoms with Gasteiger partial charge in [0, 0.05) is 26.3 Å². The molecule has 0 atom stereocenters. The number of rotatable bonds is 7. The summed E-state index contributed by atoms with van der Waals surface area (Å²) in [5.41, 5.74) is 1.91. The molecule has 0 heterocycles. The molecule has 2 N–H and O–H groups in total. The normalized spacial score (nSPS) is 11.0. The lowest BCUT2D eigenvalue weighted by molar-refractivity contribution is -0.115. The number of hydrogen-bond donors (Lipinski definition) is 2. The van der Waals surface area contributed by atoms with E-state index in [2.05, 4.69) is 15.6 Å². The van der Waals surface area contributed by atoms with Crippen molar-refractivity contribution in [2.75, 3.05) is 32.6 Å². The molecule has 6 heteroatoms. The highest BCUT2D eigenvalue weighted by molar-refractivity contribution is 5.94. The molecule has 1 amide bonds. The molecular formula is C20H26N4O2. The fourth-order valence-electron chi connectivity index (χ4n) is 2.48. The van der Waals surface area contributed by atoms with Gasteiger partial charge in [-0.3, -0.25) is 9.79 Å². The maximum atomic E-state index is 12.1. The van der Waals surface area contributed by atoms with Crippen LogP contribution in [0.4, 0.5) is 5.69 Å². The molecule has 2 aromatic rings. The minimum Gasteiger partial charge on any atom is -0.494 e. The van der Waals surface area contributed by atoms with Gasteiger partial charge >= 0.3 is 0 Å². The highest BCUT2D eigenvalue weighted by Crippen LogP contribution is 2.13. The molecule has 0 saturated heterocycles. The number of nitrogens with zero attached hydrogens (tertiary/aromatic N) is 2. The zero-order valence-electron chi connectivity index (χ0n) is 15.5. The molecule has 0 aliphatic heterocycles. The van der Waals surface area contributed by atoms with Crippen molar-refractivity contribution < 1.29 is 9.53 Å². The van der Waals surface area contributed by atoms with Crippen molar-refractivity contribution in [1.82, 2.24) is 10.2 Å². The van der Waals surface area contributed by atoms with Crippen LogP contribution in [-0.2, 0) is 11.3 Å². The van der Waals surface area contributed by atoms with E-state index >= 15 is 0 Å². The zero-order valence-corrected chi connectivity index (χ0v) is 15.5. The van der Waals surface area contributed by atoms with Crippen molar-refractivity contribution in [3.63, 3.8) is 0 Å². The molecule has 0 aliphatic rings. The van der Waals surface area contributed by atoms with Crippen molar-refractivity contribution >= 4 is 17.6 Å². The first-order valence-corrected chi connectivity index (χ1v) is 8.60. The minimum absolute atomic E-state index is 0.119. The van der Waals surface area contributed by atoms with Gasteiger partial charge in [-0.2, -0.15) is 0 Å². The third-order valence-electron chi connectivity index (χ3n) is 3.69. The van der Waals surface area contributed by atoms with Crippen LogP contribution in [-0.4, -0.2) is 44.0 Å². The monoisotopic (exact) mass is 354 g/mol. The Labute approximate surface area is 154 Å². The van der Waals surface area contributed by atoms with Crippen LogP contribution in [0, 0.1) is 0 Å². The van der Waals surface area contributed by atoms with Crippen molar-refractivity contribution in [3.8, 4) is 5.75 Å². The molecule has 2 rings (SSSR count). The van der Waals surface area contributed by atoms with Gasteiger partial charge in [0.25, 0.3) is 0 Å². The topological polar surface area (TPSA) is 66.0 Å². The summed E-state index contributed by atoms with van der Waals surface area (Å²) in [4.78, 5) is 18.3. The second-order valence-electron chi connectivity index (χ2n) is 5.75. The average Bonchev–Trinajstić information content (AvgIpc) is 2.65. The van der Waals surface area contributed by atoms with E-state index in [9.17, 15) is 4.79 Å². The number of benzene rings is 2. The Balaban J connectivity index is 1.84. The second-order valence-corrected chi connectivity index (χ2v) is 5.75. The lowest BCUT2D eigenvalue weighted by atomic mass is 10.2. The lowest BCUT2D eigenvalue weighted by Gasteiger charge is -2.22. The number of anilines is 1. The first-order chi connectivity index (χ1) is 12.6. The van der Waals surface area contributed by atoms with Crippen LogP contribution >= 0.6 is 0 Å². The van der Waals surface area contributed by atoms with Crippen LogP contribution < -0.4 is 15.4 Å². The Morgan fingerprint density at radius 1 is 1.12 bits per heavy atom. The number of guanidine groups is 1. The molecule has 138 valence electrons. The van der Waals surface area contributed by atoms with Crippen LogP contribution in [0.5, 0.6) is 5.75 Å². The fourth-order valence-corrected chi connectivity index (χ4v) is 2.48. The number of carbonyl (C=O) groups is 1. The third kappa shape index (κ3) is 6.12. The van der Waals surface area contributed by atoms with Gasteiger partial charge in [-0.1, -0.05) is 30.3 Å². The van der Waals surface area contributed by atoms with E-state index < -0.39 is 0 Å². The van der Waals surface area contributed by atoms with Crippen molar-refractivity contribution in [1.29, 1.82) is 0 Å². The number of hydrogen-bond acceptors (Lipinski definition) is 3. The molecule has 0 aromatic heterocycles. The molecule has 2 aromatic carbocycles. The quantitative estimate of drug-likeness (QED) is 0.593. The molecule has 0 saturated carbocycles. The summed E-state index contributed by atoms with van der Waals surface area (Å²) in [6, 6.07) is 17.3. The summed E-state index contributed by atoms with van der Waals surface area (Å²) in [7, 11) is 3.63. The highest BCUT2D eigenvalue weighted by atomic mass is 16.5. The molecule has 0 fully saturated rings. The lowest BCUT2D eigenvalue weighted by Crippen LogP contribution is -2.42. The van der Waals surface area contributed by atoms with Gasteiger partial charge < -0.3 is 20.3 Å². The second kappa shape index (κ2) is 10.1. The van der Waals surface area contributed by atoms with Gasteiger partial charge in [-0.15, -0.1) is 0 Å². The van der Waals surface area contributed by atoms with Gasteiger partial charge in [-0.05, 0) is 36.8 Å². The van der Waals surface area contributed by atoms with Gasteiger partial charge in [0.05, 0.1) is 13.2 Å². The third-order valence-corrected chi connectivity index (χ3v) is 3.69. The summed E-state index contributed by atoms with van der Waals surface area (Å²) in [6.45, 7) is 3.44. The Bertz CT molecular complexity index is 714. The summed E-state index contributed by atoms with van der Waals surface area (Å²) < 4.78 is 5.45. The van der Waals surface area contributed by atoms with Gasteiger partial charge in [0.15, 0.2) is 5.96 Å². The van der Waals surface area contributed by atoms with Crippen LogP contribution in [0.1, 0.15) is 12.5 Å². The predicted octanol–water partition coefficient (Wildman–Crippen LogP) is 2.73. The van der Waals surface area contributed by atoms with Gasteiger partial charge in [0.1, 0.15) is 5.75 Å². The first kappa shape index (κ1) is 19.3. The summed E-state index contributed by atoms with van der Waals surface area (Å²) in [6.07, 6.45) is 0. The number of carbonyl (C=O) groups excluding carboxylic acids is 1. The Morgan fingerprint density at radius 3 is 2.42 bits per heavy atom. The molecule has 0 radical (unpaired) electrons. The van der Waals surface area contributed by atoms with E-state index in [4.69, 9.17) is 4.74 Å². The number of nitrogens with one attached hydrogen (secondary N) is 2. The van der Waals surface area contributed by atoms with E-state index in [-0.39, 0.29) is 12.5 Å². The fraction of sp³-hybridized carbons (Fsp3) is 0.300. The molecule has 0 spiro atoms. The van der Waals surface area contributed by atoms with Crippen LogP contribution in [0.25, 0.3) is 0 Å². The van der Waals surface area contributed by atoms with E-state index in [1.165, 1.54) is 0 Å². The minimum atomic E-state index is -0.119. The predicted molar refractivity (Wildman–Crippen MR) is 106 cm³/mol. The molecule has 0 aliphatic carbocycles. The Morgan fingerprint density at radius 2 is 1.81 bits per heavy atom. The van der Waals surface area contributed by atoms with Crippen molar-refractivity contribution in [3.05, 3.63) is 60.2 Å². The summed E-state index contributed by atoms with van der Waals surface area (Å²) >= 11 is 0. The van der Waals surface area contributed by atoms with E-state index in [1.807, 2.05) is 73.5 Å². The maximum absolute atomic E-state index is 12.1. The molecule has 26 heavy (non-hydrogen) atoms. The highest BCUT2D eigenvalue weighted by Gasteiger charge is 2.09. The number of para-hydroxylation sites is 1. The summed E-state index contributed by atoms with van der Waals surface area (Å²) in [5.74, 6) is 1.40. The van der Waals surface area contributed by atoms with Crippen molar-refractivity contribution in [2.45, 2.75) is 13.5 Å². The van der Waals surface area contributed by atoms with E-state index in [0.29, 0.717) is 19.1 Å². The van der Waals surface area contributed by atoms with Crippen molar-refractivity contribution in [2.24, 2.45) is 4.99 Å². The largest absolute Gasteiger partial charge is 0.494 e. The first-order valence-electron chi connectivity index (χ1n) is 8.60. The maximum Gasteiger partial charge on any atom is 0.243 e. The molecule has 0 bridgehead atoms. The van der Waals surface area contributed by atoms with E-state index in [0.717, 1.165) is 17.0 Å². The Kier molecular flexibility index (Phi) is 7.49. The number of ether oxygens (including phenoxy) is 1. The standard InChI is InChI=1S/C20H26N4O2/c1-4-26-18-12-10-16(11-13-18)15-24(3)20(21-2)22-14-19(25)23-17-8-6-5-7-9-17/h5-13H,4,14-15H2,1-3H3,(H,21,22)(H,23,25). The van der Waals surface area contributed by atoms with Crippen LogP contribution in [0.2, 0.25) is 0 Å². The summed E-state index contributed by atoms with van der Waals surface area (Å²) in [5, 5.41) is 5.92. The molecular weight excluding hydrogens is 328 g/mol. The number of aliphatic imine (C=N–C) groups is 1. The smallest absolute Gasteiger partial charge is 0.243 e. The molecule has 6 nitrogen and oxygen atoms in total. The Hall–Kier alpha value is -3.02.